The maximum Gasteiger partial charge on any atom is 0.465 e. The van der Waals surface area contributed by atoms with Crippen LogP contribution >= 0.6 is 0 Å². The predicted octanol–water partition coefficient (Wildman–Crippen LogP) is -0.575. The fourth-order valence-electron chi connectivity index (χ4n) is 1.20. The lowest BCUT2D eigenvalue weighted by molar-refractivity contribution is -0.162. The SMILES string of the molecule is C=C(COC(=O)C(F)(F)S(=O)(=O)O)C(=O)OC1CCOC1=O. The first-order chi connectivity index (χ1) is 9.96. The highest BCUT2D eigenvalue weighted by atomic mass is 32.2. The molecular weight excluding hydrogens is 334 g/mol. The molecular formula is C10H10F2O9S. The third-order valence-electron chi connectivity index (χ3n) is 2.36. The summed E-state index contributed by atoms with van der Waals surface area (Å²) in [5.41, 5.74) is -0.626. The van der Waals surface area contributed by atoms with Gasteiger partial charge in [-0.05, 0) is 0 Å². The van der Waals surface area contributed by atoms with E-state index >= 15 is 0 Å². The van der Waals surface area contributed by atoms with Crippen LogP contribution in [-0.2, 0) is 38.7 Å². The molecule has 1 aliphatic rings. The van der Waals surface area contributed by atoms with Gasteiger partial charge >= 0.3 is 33.3 Å². The van der Waals surface area contributed by atoms with Crippen LogP contribution in [0.4, 0.5) is 8.78 Å². The predicted molar refractivity (Wildman–Crippen MR) is 62.1 cm³/mol. The topological polar surface area (TPSA) is 133 Å². The summed E-state index contributed by atoms with van der Waals surface area (Å²) in [7, 11) is -6.01. The van der Waals surface area contributed by atoms with Gasteiger partial charge in [-0.25, -0.2) is 14.4 Å². The lowest BCUT2D eigenvalue weighted by atomic mass is 10.3. The Bertz CT molecular complexity index is 610. The van der Waals surface area contributed by atoms with Crippen LogP contribution < -0.4 is 0 Å². The number of alkyl halides is 2. The Morgan fingerprint density at radius 3 is 2.50 bits per heavy atom. The molecule has 1 unspecified atom stereocenters. The zero-order valence-electron chi connectivity index (χ0n) is 10.8. The number of carbonyl (C=O) groups excluding carboxylic acids is 3. The molecule has 1 N–H and O–H groups in total. The summed E-state index contributed by atoms with van der Waals surface area (Å²) in [5, 5.41) is -5.19. The number of hydrogen-bond donors (Lipinski definition) is 1. The van der Waals surface area contributed by atoms with Gasteiger partial charge in [0, 0.05) is 6.42 Å². The van der Waals surface area contributed by atoms with Crippen LogP contribution in [0.2, 0.25) is 0 Å². The molecule has 0 aromatic carbocycles. The minimum atomic E-state index is -6.01. The van der Waals surface area contributed by atoms with Crippen molar-refractivity contribution in [1.82, 2.24) is 0 Å². The second kappa shape index (κ2) is 6.36. The van der Waals surface area contributed by atoms with E-state index < -0.39 is 51.6 Å². The van der Waals surface area contributed by atoms with E-state index in [9.17, 15) is 31.6 Å². The van der Waals surface area contributed by atoms with E-state index in [0.717, 1.165) is 0 Å². The number of ether oxygens (including phenoxy) is 3. The smallest absolute Gasteiger partial charge is 0.463 e. The minimum absolute atomic E-state index is 0.0405. The van der Waals surface area contributed by atoms with E-state index in [4.69, 9.17) is 4.55 Å². The number of hydrogen-bond acceptors (Lipinski definition) is 8. The van der Waals surface area contributed by atoms with E-state index in [1.807, 2.05) is 0 Å². The first kappa shape index (κ1) is 18.0. The monoisotopic (exact) mass is 344 g/mol. The Kier molecular flexibility index (Phi) is 5.19. The number of esters is 3. The van der Waals surface area contributed by atoms with Crippen LogP contribution in [0.1, 0.15) is 6.42 Å². The van der Waals surface area contributed by atoms with Crippen molar-refractivity contribution in [1.29, 1.82) is 0 Å². The molecule has 0 bridgehead atoms. The van der Waals surface area contributed by atoms with Gasteiger partial charge in [0.1, 0.15) is 6.61 Å². The Balaban J connectivity index is 2.54. The molecule has 0 aromatic heterocycles. The minimum Gasteiger partial charge on any atom is -0.463 e. The lowest BCUT2D eigenvalue weighted by Gasteiger charge is -2.13. The summed E-state index contributed by atoms with van der Waals surface area (Å²) in [6.07, 6.45) is -1.09. The van der Waals surface area contributed by atoms with Gasteiger partial charge in [-0.15, -0.1) is 0 Å². The maximum absolute atomic E-state index is 12.8. The van der Waals surface area contributed by atoms with E-state index in [1.165, 1.54) is 0 Å². The molecule has 1 saturated heterocycles. The van der Waals surface area contributed by atoms with Gasteiger partial charge < -0.3 is 14.2 Å². The van der Waals surface area contributed by atoms with Crippen molar-refractivity contribution in [2.75, 3.05) is 13.2 Å². The van der Waals surface area contributed by atoms with Crippen LogP contribution in [0.5, 0.6) is 0 Å². The van der Waals surface area contributed by atoms with Crippen LogP contribution in [0.25, 0.3) is 0 Å². The number of halogens is 2. The molecule has 0 spiro atoms. The average molecular weight is 344 g/mol. The van der Waals surface area contributed by atoms with Gasteiger partial charge in [0.05, 0.1) is 12.2 Å². The van der Waals surface area contributed by atoms with Crippen molar-refractivity contribution < 1.29 is 50.3 Å². The molecule has 0 aromatic rings. The Hall–Kier alpha value is -2.08. The summed E-state index contributed by atoms with van der Waals surface area (Å²) in [6, 6.07) is 0. The van der Waals surface area contributed by atoms with Crippen molar-refractivity contribution in [2.45, 2.75) is 17.8 Å². The molecule has 1 aliphatic heterocycles. The van der Waals surface area contributed by atoms with Crippen LogP contribution in [-0.4, -0.2) is 55.5 Å². The van der Waals surface area contributed by atoms with Gasteiger partial charge in [-0.1, -0.05) is 6.58 Å². The van der Waals surface area contributed by atoms with Crippen molar-refractivity contribution >= 4 is 28.0 Å². The highest BCUT2D eigenvalue weighted by molar-refractivity contribution is 7.87. The molecule has 1 atom stereocenters. The molecule has 0 aliphatic carbocycles. The van der Waals surface area contributed by atoms with Crippen LogP contribution in [0.3, 0.4) is 0 Å². The Labute approximate surface area is 122 Å². The van der Waals surface area contributed by atoms with Crippen molar-refractivity contribution in [3.05, 3.63) is 12.2 Å². The van der Waals surface area contributed by atoms with E-state index in [2.05, 4.69) is 20.8 Å². The summed E-state index contributed by atoms with van der Waals surface area (Å²) in [6.45, 7) is 2.00. The Morgan fingerprint density at radius 2 is 2.05 bits per heavy atom. The fraction of sp³-hybridized carbons (Fsp3) is 0.500. The van der Waals surface area contributed by atoms with Gasteiger partial charge in [-0.2, -0.15) is 17.2 Å². The van der Waals surface area contributed by atoms with E-state index in [1.54, 1.807) is 0 Å². The normalized spacial score (nSPS) is 18.5. The number of cyclic esters (lactones) is 1. The third kappa shape index (κ3) is 3.98. The fourth-order valence-corrected chi connectivity index (χ4v) is 1.47. The molecule has 22 heavy (non-hydrogen) atoms. The van der Waals surface area contributed by atoms with Gasteiger partial charge in [0.15, 0.2) is 0 Å². The summed E-state index contributed by atoms with van der Waals surface area (Å²) < 4.78 is 67.4. The first-order valence-corrected chi connectivity index (χ1v) is 6.98. The second-order valence-electron chi connectivity index (χ2n) is 4.02. The number of carbonyl (C=O) groups is 3. The average Bonchev–Trinajstić information content (AvgIpc) is 2.79. The Morgan fingerprint density at radius 1 is 1.45 bits per heavy atom. The standard InChI is InChI=1S/C10H10F2O9S/c1-5(7(13)21-6-2-3-19-8(6)14)4-20-9(15)10(11,12)22(16,17)18/h6H,1-4H2,(H,16,17,18). The highest BCUT2D eigenvalue weighted by Gasteiger charge is 2.54. The molecule has 1 fully saturated rings. The third-order valence-corrected chi connectivity index (χ3v) is 3.18. The van der Waals surface area contributed by atoms with Gasteiger partial charge in [-0.3, -0.25) is 4.55 Å². The zero-order valence-corrected chi connectivity index (χ0v) is 11.6. The molecule has 9 nitrogen and oxygen atoms in total. The second-order valence-corrected chi connectivity index (χ2v) is 5.48. The molecule has 0 saturated carbocycles. The van der Waals surface area contributed by atoms with Crippen LogP contribution in [0.15, 0.2) is 12.2 Å². The molecule has 12 heteroatoms. The molecule has 0 radical (unpaired) electrons. The van der Waals surface area contributed by atoms with Crippen molar-refractivity contribution in [3.8, 4) is 0 Å². The molecule has 1 rings (SSSR count). The molecule has 124 valence electrons. The van der Waals surface area contributed by atoms with Crippen LogP contribution in [0, 0.1) is 0 Å². The van der Waals surface area contributed by atoms with E-state index in [0.29, 0.717) is 0 Å². The zero-order chi connectivity index (χ0) is 17.1. The van der Waals surface area contributed by atoms with Gasteiger partial charge in [0.25, 0.3) is 0 Å². The molecule has 1 heterocycles. The summed E-state index contributed by atoms with van der Waals surface area (Å²) >= 11 is 0. The quantitative estimate of drug-likeness (QED) is 0.291. The molecule has 0 amide bonds. The van der Waals surface area contributed by atoms with Crippen molar-refractivity contribution in [2.24, 2.45) is 0 Å². The summed E-state index contributed by atoms with van der Waals surface area (Å²) in [4.78, 5) is 33.3. The largest absolute Gasteiger partial charge is 0.465 e. The highest BCUT2D eigenvalue weighted by Crippen LogP contribution is 2.22. The maximum atomic E-state index is 12.8. The summed E-state index contributed by atoms with van der Waals surface area (Å²) in [5.74, 6) is -4.60. The van der Waals surface area contributed by atoms with Gasteiger partial charge in [0.2, 0.25) is 6.10 Å². The lowest BCUT2D eigenvalue weighted by Crippen LogP contribution is -2.39. The van der Waals surface area contributed by atoms with Crippen molar-refractivity contribution in [3.63, 3.8) is 0 Å². The first-order valence-electron chi connectivity index (χ1n) is 5.54. The van der Waals surface area contributed by atoms with E-state index in [-0.39, 0.29) is 13.0 Å². The number of rotatable bonds is 6.